The van der Waals surface area contributed by atoms with Gasteiger partial charge in [-0.05, 0) is 24.1 Å². The topological polar surface area (TPSA) is 80.0 Å². The Hall–Kier alpha value is -2.72. The number of halogens is 3. The first-order valence-electron chi connectivity index (χ1n) is 8.82. The van der Waals surface area contributed by atoms with E-state index >= 15 is 0 Å². The summed E-state index contributed by atoms with van der Waals surface area (Å²) in [5.41, 5.74) is 0.338. The number of aryl methyl sites for hydroxylation is 1. The predicted octanol–water partition coefficient (Wildman–Crippen LogP) is 4.18. The van der Waals surface area contributed by atoms with Crippen LogP contribution in [0.15, 0.2) is 36.5 Å². The molecule has 3 aromatic rings. The third-order valence-corrected chi connectivity index (χ3v) is 5.28. The molecular formula is C19H19F3N4O2S. The smallest absolute Gasteiger partial charge is 0.387 e. The summed E-state index contributed by atoms with van der Waals surface area (Å²) in [5.74, 6) is -0.413. The number of anilines is 1. The number of carbonyl (C=O) groups excluding carboxylic acids is 1. The summed E-state index contributed by atoms with van der Waals surface area (Å²) in [6.07, 6.45) is -3.31. The Morgan fingerprint density at radius 2 is 2.10 bits per heavy atom. The van der Waals surface area contributed by atoms with E-state index in [0.717, 1.165) is 23.5 Å². The molecule has 0 aliphatic rings. The Kier molecular flexibility index (Phi) is 6.04. The molecule has 0 aliphatic heterocycles. The van der Waals surface area contributed by atoms with Crippen LogP contribution in [0.25, 0.3) is 0 Å². The van der Waals surface area contributed by atoms with E-state index in [4.69, 9.17) is 0 Å². The molecule has 0 bridgehead atoms. The normalized spacial score (nSPS) is 12.8. The number of hydrogen-bond donors (Lipinski definition) is 2. The summed E-state index contributed by atoms with van der Waals surface area (Å²) in [4.78, 5) is 16.9. The number of amides is 1. The van der Waals surface area contributed by atoms with Crippen molar-refractivity contribution in [2.24, 2.45) is 7.05 Å². The van der Waals surface area contributed by atoms with Crippen molar-refractivity contribution in [1.29, 1.82) is 0 Å². The number of rotatable bonds is 6. The summed E-state index contributed by atoms with van der Waals surface area (Å²) < 4.78 is 40.2. The van der Waals surface area contributed by atoms with E-state index in [9.17, 15) is 23.1 Å². The zero-order chi connectivity index (χ0) is 21.2. The molecule has 29 heavy (non-hydrogen) atoms. The maximum Gasteiger partial charge on any atom is 0.416 e. The van der Waals surface area contributed by atoms with E-state index in [0.29, 0.717) is 33.4 Å². The number of thiazole rings is 1. The number of carbonyl (C=O) groups is 1. The van der Waals surface area contributed by atoms with E-state index in [2.05, 4.69) is 15.4 Å². The molecule has 1 aromatic carbocycles. The number of alkyl halides is 3. The first kappa shape index (κ1) is 21.0. The number of hydrogen-bond acceptors (Lipinski definition) is 5. The van der Waals surface area contributed by atoms with Gasteiger partial charge >= 0.3 is 6.18 Å². The summed E-state index contributed by atoms with van der Waals surface area (Å²) in [5, 5.41) is 17.8. The highest BCUT2D eigenvalue weighted by Gasteiger charge is 2.30. The quantitative estimate of drug-likeness (QED) is 0.622. The van der Waals surface area contributed by atoms with Crippen molar-refractivity contribution in [2.75, 3.05) is 5.32 Å². The lowest BCUT2D eigenvalue weighted by atomic mass is 10.1. The molecule has 0 saturated carbocycles. The number of nitrogens with zero attached hydrogens (tertiary/aromatic N) is 3. The van der Waals surface area contributed by atoms with Crippen LogP contribution in [0.2, 0.25) is 0 Å². The first-order valence-corrected chi connectivity index (χ1v) is 9.63. The van der Waals surface area contributed by atoms with Crippen LogP contribution in [0.3, 0.4) is 0 Å². The van der Waals surface area contributed by atoms with Crippen LogP contribution in [-0.4, -0.2) is 25.8 Å². The van der Waals surface area contributed by atoms with Gasteiger partial charge in [-0.3, -0.25) is 9.48 Å². The average Bonchev–Trinajstić information content (AvgIpc) is 3.26. The van der Waals surface area contributed by atoms with Gasteiger partial charge in [0.15, 0.2) is 0 Å². The standard InChI is InChI=1S/C19H19F3N4O2S/c1-3-14(27)16-18(25-17(28)13-7-8-23-26(13)2)29-15(24-16)10-11-5-4-6-12(9-11)19(20,21)22/h4-9,14,27H,3,10H2,1-2H3,(H,25,28). The van der Waals surface area contributed by atoms with Gasteiger partial charge in [-0.1, -0.05) is 25.1 Å². The van der Waals surface area contributed by atoms with Gasteiger partial charge in [0.1, 0.15) is 16.4 Å². The molecule has 2 heterocycles. The van der Waals surface area contributed by atoms with E-state index < -0.39 is 23.8 Å². The van der Waals surface area contributed by atoms with Crippen LogP contribution in [-0.2, 0) is 19.6 Å². The van der Waals surface area contributed by atoms with Crippen molar-refractivity contribution in [2.45, 2.75) is 32.0 Å². The summed E-state index contributed by atoms with van der Waals surface area (Å²) in [6.45, 7) is 1.77. The molecule has 10 heteroatoms. The van der Waals surface area contributed by atoms with Crippen LogP contribution in [0.1, 0.15) is 51.8 Å². The Bertz CT molecular complexity index is 1010. The maximum atomic E-state index is 12.9. The molecule has 3 rings (SSSR count). The number of aromatic nitrogens is 3. The minimum Gasteiger partial charge on any atom is -0.387 e. The van der Waals surface area contributed by atoms with Crippen molar-refractivity contribution < 1.29 is 23.1 Å². The Balaban J connectivity index is 1.87. The highest BCUT2D eigenvalue weighted by atomic mass is 32.1. The summed E-state index contributed by atoms with van der Waals surface area (Å²) in [7, 11) is 1.63. The van der Waals surface area contributed by atoms with Gasteiger partial charge in [0, 0.05) is 19.7 Å². The lowest BCUT2D eigenvalue weighted by molar-refractivity contribution is -0.137. The van der Waals surface area contributed by atoms with Crippen LogP contribution in [0.4, 0.5) is 18.2 Å². The van der Waals surface area contributed by atoms with Crippen LogP contribution in [0.5, 0.6) is 0 Å². The van der Waals surface area contributed by atoms with Crippen molar-refractivity contribution in [3.63, 3.8) is 0 Å². The molecule has 2 N–H and O–H groups in total. The molecule has 154 valence electrons. The Morgan fingerprint density at radius 1 is 1.34 bits per heavy atom. The van der Waals surface area contributed by atoms with E-state index in [1.165, 1.54) is 16.9 Å². The van der Waals surface area contributed by atoms with E-state index in [1.54, 1.807) is 26.1 Å². The van der Waals surface area contributed by atoms with Crippen molar-refractivity contribution in [3.05, 3.63) is 64.1 Å². The monoisotopic (exact) mass is 424 g/mol. The van der Waals surface area contributed by atoms with Crippen LogP contribution in [0, 0.1) is 0 Å². The minimum absolute atomic E-state index is 0.152. The maximum absolute atomic E-state index is 12.9. The fourth-order valence-corrected chi connectivity index (χ4v) is 3.81. The van der Waals surface area contributed by atoms with Gasteiger partial charge in [-0.25, -0.2) is 4.98 Å². The first-order chi connectivity index (χ1) is 13.7. The van der Waals surface area contributed by atoms with Crippen molar-refractivity contribution in [3.8, 4) is 0 Å². The predicted molar refractivity (Wildman–Crippen MR) is 103 cm³/mol. The molecule has 0 aliphatic carbocycles. The minimum atomic E-state index is -4.43. The van der Waals surface area contributed by atoms with Crippen molar-refractivity contribution in [1.82, 2.24) is 14.8 Å². The van der Waals surface area contributed by atoms with Gasteiger partial charge in [-0.2, -0.15) is 18.3 Å². The second-order valence-corrected chi connectivity index (χ2v) is 7.50. The van der Waals surface area contributed by atoms with E-state index in [-0.39, 0.29) is 6.42 Å². The largest absolute Gasteiger partial charge is 0.416 e. The molecule has 1 unspecified atom stereocenters. The number of aliphatic hydroxyl groups is 1. The van der Waals surface area contributed by atoms with Gasteiger partial charge in [0.05, 0.1) is 16.7 Å². The summed E-state index contributed by atoms with van der Waals surface area (Å²) >= 11 is 1.13. The number of benzene rings is 1. The third kappa shape index (κ3) is 4.83. The van der Waals surface area contributed by atoms with Gasteiger partial charge in [0.2, 0.25) is 0 Å². The SMILES string of the molecule is CCC(O)c1nc(Cc2cccc(C(F)(F)F)c2)sc1NC(=O)c1ccnn1C. The zero-order valence-corrected chi connectivity index (χ0v) is 16.5. The number of nitrogens with one attached hydrogen (secondary N) is 1. The summed E-state index contributed by atoms with van der Waals surface area (Å²) in [6, 6.07) is 6.57. The second kappa shape index (κ2) is 8.34. The number of aliphatic hydroxyl groups excluding tert-OH is 1. The second-order valence-electron chi connectivity index (χ2n) is 6.42. The van der Waals surface area contributed by atoms with Crippen LogP contribution < -0.4 is 5.32 Å². The molecule has 2 aromatic heterocycles. The molecule has 0 fully saturated rings. The van der Waals surface area contributed by atoms with Gasteiger partial charge in [-0.15, -0.1) is 11.3 Å². The molecule has 1 atom stereocenters. The molecule has 0 saturated heterocycles. The third-order valence-electron chi connectivity index (χ3n) is 4.29. The van der Waals surface area contributed by atoms with Crippen molar-refractivity contribution >= 4 is 22.2 Å². The molecule has 0 spiro atoms. The Labute approximate surface area is 169 Å². The fourth-order valence-electron chi connectivity index (χ4n) is 2.76. The van der Waals surface area contributed by atoms with E-state index in [1.807, 2.05) is 0 Å². The van der Waals surface area contributed by atoms with Crippen LogP contribution >= 0.6 is 11.3 Å². The lowest BCUT2D eigenvalue weighted by Crippen LogP contribution is -2.16. The average molecular weight is 424 g/mol. The van der Waals surface area contributed by atoms with Gasteiger partial charge in [0.25, 0.3) is 5.91 Å². The lowest BCUT2D eigenvalue weighted by Gasteiger charge is -2.08. The fraction of sp³-hybridized carbons (Fsp3) is 0.316. The van der Waals surface area contributed by atoms with Gasteiger partial charge < -0.3 is 10.4 Å². The highest BCUT2D eigenvalue weighted by molar-refractivity contribution is 7.16. The zero-order valence-electron chi connectivity index (χ0n) is 15.7. The molecular weight excluding hydrogens is 405 g/mol. The molecule has 6 nitrogen and oxygen atoms in total. The Morgan fingerprint density at radius 3 is 2.72 bits per heavy atom. The highest BCUT2D eigenvalue weighted by Crippen LogP contribution is 2.34. The molecule has 1 amide bonds. The molecule has 0 radical (unpaired) electrons.